The molecule has 0 unspecified atom stereocenters. The van der Waals surface area contributed by atoms with Crippen molar-refractivity contribution in [3.05, 3.63) is 64.7 Å². The maximum Gasteiger partial charge on any atom is 0.295 e. The Morgan fingerprint density at radius 1 is 1.03 bits per heavy atom. The van der Waals surface area contributed by atoms with E-state index in [1.54, 1.807) is 23.1 Å². The van der Waals surface area contributed by atoms with E-state index in [2.05, 4.69) is 18.7 Å². The molecule has 2 heterocycles. The average Bonchev–Trinajstić information content (AvgIpc) is 3.11. The third-order valence-corrected chi connectivity index (χ3v) is 6.52. The van der Waals surface area contributed by atoms with Crippen LogP contribution in [0.1, 0.15) is 43.0 Å². The molecule has 0 aromatic heterocycles. The van der Waals surface area contributed by atoms with Gasteiger partial charge in [0.25, 0.3) is 11.7 Å². The molecule has 1 atom stereocenters. The van der Waals surface area contributed by atoms with Crippen molar-refractivity contribution in [1.29, 1.82) is 0 Å². The molecule has 1 saturated heterocycles. The van der Waals surface area contributed by atoms with Crippen LogP contribution in [-0.4, -0.2) is 66.0 Å². The molecule has 7 heteroatoms. The number of hydrogen-bond acceptors (Lipinski definition) is 6. The molecule has 180 valence electrons. The van der Waals surface area contributed by atoms with Gasteiger partial charge in [0.15, 0.2) is 11.5 Å². The fourth-order valence-corrected chi connectivity index (χ4v) is 4.56. The van der Waals surface area contributed by atoms with Crippen LogP contribution in [0.2, 0.25) is 0 Å². The molecular formula is C27H32N2O5. The Morgan fingerprint density at radius 3 is 2.38 bits per heavy atom. The number of nitrogens with zero attached hydrogens (tertiary/aromatic N) is 2. The monoisotopic (exact) mass is 464 g/mol. The minimum Gasteiger partial charge on any atom is -0.507 e. The fraction of sp³-hybridized carbons (Fsp3) is 0.407. The van der Waals surface area contributed by atoms with E-state index in [1.165, 1.54) is 0 Å². The predicted molar refractivity (Wildman–Crippen MR) is 130 cm³/mol. The molecule has 0 aliphatic carbocycles. The quantitative estimate of drug-likeness (QED) is 0.362. The van der Waals surface area contributed by atoms with Gasteiger partial charge in [-0.15, -0.1) is 0 Å². The summed E-state index contributed by atoms with van der Waals surface area (Å²) in [4.78, 5) is 30.2. The SMILES string of the molecule is CCN(CC)CCCN1C(=O)C(=O)/C(=C(/O)c2ccc3c(c2)OCCO3)[C@H]1c1ccc(C)cc1. The Morgan fingerprint density at radius 2 is 1.71 bits per heavy atom. The van der Waals surface area contributed by atoms with E-state index < -0.39 is 17.7 Å². The lowest BCUT2D eigenvalue weighted by atomic mass is 9.94. The highest BCUT2D eigenvalue weighted by Gasteiger charge is 2.45. The van der Waals surface area contributed by atoms with Crippen molar-refractivity contribution >= 4 is 17.4 Å². The minimum atomic E-state index is -0.666. The summed E-state index contributed by atoms with van der Waals surface area (Å²) in [6.45, 7) is 10.2. The number of likely N-dealkylation sites (tertiary alicyclic amines) is 1. The number of rotatable bonds is 8. The first-order valence-electron chi connectivity index (χ1n) is 11.9. The zero-order valence-corrected chi connectivity index (χ0v) is 20.0. The number of carbonyl (C=O) groups excluding carboxylic acids is 2. The van der Waals surface area contributed by atoms with Crippen LogP contribution in [0.15, 0.2) is 48.0 Å². The number of fused-ring (bicyclic) bond motifs is 1. The van der Waals surface area contributed by atoms with Gasteiger partial charge in [0.2, 0.25) is 0 Å². The van der Waals surface area contributed by atoms with Gasteiger partial charge in [-0.2, -0.15) is 0 Å². The molecule has 0 radical (unpaired) electrons. The molecule has 1 N–H and O–H groups in total. The highest BCUT2D eigenvalue weighted by atomic mass is 16.6. The van der Waals surface area contributed by atoms with Crippen molar-refractivity contribution in [3.63, 3.8) is 0 Å². The number of aliphatic hydroxyl groups is 1. The molecule has 2 aromatic rings. The topological polar surface area (TPSA) is 79.3 Å². The van der Waals surface area contributed by atoms with Crippen molar-refractivity contribution in [2.75, 3.05) is 39.4 Å². The zero-order valence-electron chi connectivity index (χ0n) is 20.0. The molecule has 0 spiro atoms. The third kappa shape index (κ3) is 4.66. The minimum absolute atomic E-state index is 0.105. The summed E-state index contributed by atoms with van der Waals surface area (Å²) in [6, 6.07) is 12.1. The van der Waals surface area contributed by atoms with Crippen molar-refractivity contribution < 1.29 is 24.2 Å². The fourth-order valence-electron chi connectivity index (χ4n) is 4.56. The Bertz CT molecular complexity index is 1090. The Hall–Kier alpha value is -3.32. The summed E-state index contributed by atoms with van der Waals surface area (Å²) in [7, 11) is 0. The molecule has 1 fully saturated rings. The van der Waals surface area contributed by atoms with E-state index in [1.807, 2.05) is 31.2 Å². The van der Waals surface area contributed by atoms with Crippen molar-refractivity contribution in [2.45, 2.75) is 33.2 Å². The smallest absolute Gasteiger partial charge is 0.295 e. The van der Waals surface area contributed by atoms with Crippen LogP contribution in [0.25, 0.3) is 5.76 Å². The van der Waals surface area contributed by atoms with Gasteiger partial charge in [-0.25, -0.2) is 0 Å². The van der Waals surface area contributed by atoms with Gasteiger partial charge in [0, 0.05) is 12.1 Å². The Kier molecular flexibility index (Phi) is 7.22. The second-order valence-electron chi connectivity index (χ2n) is 8.64. The van der Waals surface area contributed by atoms with E-state index in [-0.39, 0.29) is 11.3 Å². The first-order valence-corrected chi connectivity index (χ1v) is 11.9. The normalized spacial score (nSPS) is 19.2. The Balaban J connectivity index is 1.72. The number of amides is 1. The molecule has 34 heavy (non-hydrogen) atoms. The van der Waals surface area contributed by atoms with E-state index in [0.29, 0.717) is 36.8 Å². The first-order chi connectivity index (χ1) is 16.4. The van der Waals surface area contributed by atoms with Crippen molar-refractivity contribution in [3.8, 4) is 11.5 Å². The van der Waals surface area contributed by atoms with E-state index in [0.717, 1.165) is 37.2 Å². The number of ether oxygens (including phenoxy) is 2. The zero-order chi connectivity index (χ0) is 24.2. The number of aryl methyl sites for hydroxylation is 1. The van der Waals surface area contributed by atoms with Crippen LogP contribution in [0.3, 0.4) is 0 Å². The van der Waals surface area contributed by atoms with E-state index in [9.17, 15) is 14.7 Å². The maximum absolute atomic E-state index is 13.2. The van der Waals surface area contributed by atoms with Crippen molar-refractivity contribution in [1.82, 2.24) is 9.80 Å². The van der Waals surface area contributed by atoms with Crippen LogP contribution in [0.5, 0.6) is 11.5 Å². The first kappa shape index (κ1) is 23.8. The standard InChI is InChI=1S/C27H32N2O5/c1-4-28(5-2)13-6-14-29-24(19-9-7-18(3)8-10-19)23(26(31)27(29)32)25(30)20-11-12-21-22(17-20)34-16-15-33-21/h7-12,17,24,30H,4-6,13-16H2,1-3H3/b25-23+/t24-/m1/s1. The van der Waals surface area contributed by atoms with E-state index in [4.69, 9.17) is 9.47 Å². The molecule has 2 aromatic carbocycles. The molecule has 0 bridgehead atoms. The summed E-state index contributed by atoms with van der Waals surface area (Å²) in [5.74, 6) is -0.345. The summed E-state index contributed by atoms with van der Waals surface area (Å²) >= 11 is 0. The molecule has 0 saturated carbocycles. The summed E-state index contributed by atoms with van der Waals surface area (Å²) in [5.41, 5.74) is 2.40. The largest absolute Gasteiger partial charge is 0.507 e. The van der Waals surface area contributed by atoms with Crippen LogP contribution in [0.4, 0.5) is 0 Å². The number of Topliss-reactive ketones (excluding diaryl/α,β-unsaturated/α-hetero) is 1. The van der Waals surface area contributed by atoms with Crippen LogP contribution in [-0.2, 0) is 9.59 Å². The van der Waals surface area contributed by atoms with Crippen molar-refractivity contribution in [2.24, 2.45) is 0 Å². The van der Waals surface area contributed by atoms with Crippen LogP contribution < -0.4 is 9.47 Å². The maximum atomic E-state index is 13.2. The summed E-state index contributed by atoms with van der Waals surface area (Å²) in [5, 5.41) is 11.3. The summed E-state index contributed by atoms with van der Waals surface area (Å²) < 4.78 is 11.2. The lowest BCUT2D eigenvalue weighted by Gasteiger charge is -2.27. The second-order valence-corrected chi connectivity index (χ2v) is 8.64. The molecule has 2 aliphatic rings. The van der Waals surface area contributed by atoms with Gasteiger partial charge in [-0.05, 0) is 56.7 Å². The van der Waals surface area contributed by atoms with Gasteiger partial charge in [0.05, 0.1) is 11.6 Å². The second kappa shape index (κ2) is 10.3. The van der Waals surface area contributed by atoms with Gasteiger partial charge >= 0.3 is 0 Å². The summed E-state index contributed by atoms with van der Waals surface area (Å²) in [6.07, 6.45) is 0.737. The number of benzene rings is 2. The highest BCUT2D eigenvalue weighted by Crippen LogP contribution is 2.41. The van der Waals surface area contributed by atoms with Gasteiger partial charge < -0.3 is 24.4 Å². The lowest BCUT2D eigenvalue weighted by molar-refractivity contribution is -0.140. The molecule has 7 nitrogen and oxygen atoms in total. The van der Waals surface area contributed by atoms with Crippen LogP contribution in [0, 0.1) is 6.92 Å². The lowest BCUT2D eigenvalue weighted by Crippen LogP contribution is -2.33. The number of carbonyl (C=O) groups is 2. The highest BCUT2D eigenvalue weighted by molar-refractivity contribution is 6.46. The van der Waals surface area contributed by atoms with E-state index >= 15 is 0 Å². The van der Waals surface area contributed by atoms with Crippen LogP contribution >= 0.6 is 0 Å². The molecule has 1 amide bonds. The average molecular weight is 465 g/mol. The molecule has 2 aliphatic heterocycles. The van der Waals surface area contributed by atoms with Gasteiger partial charge in [0.1, 0.15) is 19.0 Å². The number of aliphatic hydroxyl groups excluding tert-OH is 1. The number of hydrogen-bond donors (Lipinski definition) is 1. The van der Waals surface area contributed by atoms with Gasteiger partial charge in [-0.1, -0.05) is 43.7 Å². The van der Waals surface area contributed by atoms with Gasteiger partial charge in [-0.3, -0.25) is 9.59 Å². The Labute approximate surface area is 200 Å². The molecular weight excluding hydrogens is 432 g/mol. The predicted octanol–water partition coefficient (Wildman–Crippen LogP) is 3.92. The molecule has 4 rings (SSSR count). The third-order valence-electron chi connectivity index (χ3n) is 6.52. The number of ketones is 1.